The van der Waals surface area contributed by atoms with Gasteiger partial charge in [0.15, 0.2) is 0 Å². The van der Waals surface area contributed by atoms with Gasteiger partial charge in [-0.15, -0.1) is 0 Å². The molecule has 0 saturated heterocycles. The summed E-state index contributed by atoms with van der Waals surface area (Å²) in [5.41, 5.74) is 2.07. The summed E-state index contributed by atoms with van der Waals surface area (Å²) in [6.07, 6.45) is 6.08. The number of rotatable bonds is 5. The van der Waals surface area contributed by atoms with Gasteiger partial charge in [0.25, 0.3) is 11.2 Å². The van der Waals surface area contributed by atoms with Crippen molar-refractivity contribution >= 4 is 22.3 Å². The Kier molecular flexibility index (Phi) is 4.10. The van der Waals surface area contributed by atoms with Crippen molar-refractivity contribution in [1.82, 2.24) is 14.5 Å². The Morgan fingerprint density at radius 1 is 1.26 bits per heavy atom. The van der Waals surface area contributed by atoms with E-state index >= 15 is 0 Å². The van der Waals surface area contributed by atoms with E-state index in [1.54, 1.807) is 13.1 Å². The van der Waals surface area contributed by atoms with Crippen molar-refractivity contribution in [3.05, 3.63) is 68.5 Å². The predicted octanol–water partition coefficient (Wildman–Crippen LogP) is 3.29. The second-order valence-electron chi connectivity index (χ2n) is 6.93. The van der Waals surface area contributed by atoms with Crippen LogP contribution in [0.2, 0.25) is 0 Å². The molecule has 0 spiro atoms. The van der Waals surface area contributed by atoms with Crippen molar-refractivity contribution < 1.29 is 4.92 Å². The summed E-state index contributed by atoms with van der Waals surface area (Å²) in [7, 11) is 1.64. The summed E-state index contributed by atoms with van der Waals surface area (Å²) in [4.78, 5) is 31.8. The molecular formula is C19H19N5O3. The number of fused-ring (bicyclic) bond motifs is 1. The van der Waals surface area contributed by atoms with Crippen LogP contribution in [0.15, 0.2) is 41.5 Å². The SMILES string of the molecule is CC(Nc1cc(=O)n(C)c2ccc([N+](=O)[O-])cc12)c1ncc(C2CC2)cn1. The first-order chi connectivity index (χ1) is 12.9. The zero-order valence-electron chi connectivity index (χ0n) is 15.0. The van der Waals surface area contributed by atoms with Gasteiger partial charge in [0.1, 0.15) is 5.82 Å². The number of nitro groups is 1. The van der Waals surface area contributed by atoms with Crippen LogP contribution in [0.5, 0.6) is 0 Å². The lowest BCUT2D eigenvalue weighted by Gasteiger charge is -2.17. The van der Waals surface area contributed by atoms with Gasteiger partial charge in [-0.25, -0.2) is 9.97 Å². The van der Waals surface area contributed by atoms with E-state index in [0.717, 1.165) is 5.56 Å². The second-order valence-corrected chi connectivity index (χ2v) is 6.93. The van der Waals surface area contributed by atoms with Crippen molar-refractivity contribution in [1.29, 1.82) is 0 Å². The number of hydrogen-bond acceptors (Lipinski definition) is 6. The fraction of sp³-hybridized carbons (Fsp3) is 0.316. The monoisotopic (exact) mass is 365 g/mol. The van der Waals surface area contributed by atoms with E-state index in [-0.39, 0.29) is 17.3 Å². The van der Waals surface area contributed by atoms with Gasteiger partial charge in [0.05, 0.1) is 16.5 Å². The first-order valence-corrected chi connectivity index (χ1v) is 8.80. The number of aromatic nitrogens is 3. The molecule has 8 heteroatoms. The number of anilines is 1. The van der Waals surface area contributed by atoms with Crippen molar-refractivity contribution in [3.63, 3.8) is 0 Å². The molecule has 1 saturated carbocycles. The minimum absolute atomic E-state index is 0.0260. The summed E-state index contributed by atoms with van der Waals surface area (Å²) >= 11 is 0. The van der Waals surface area contributed by atoms with Crippen LogP contribution in [-0.2, 0) is 7.05 Å². The summed E-state index contributed by atoms with van der Waals surface area (Å²) in [5, 5.41) is 15.0. The van der Waals surface area contributed by atoms with Gasteiger partial charge in [-0.1, -0.05) is 0 Å². The van der Waals surface area contributed by atoms with Crippen molar-refractivity contribution in [2.45, 2.75) is 31.7 Å². The minimum atomic E-state index is -0.447. The molecule has 8 nitrogen and oxygen atoms in total. The van der Waals surface area contributed by atoms with Gasteiger partial charge in [0.2, 0.25) is 0 Å². The van der Waals surface area contributed by atoms with E-state index in [9.17, 15) is 14.9 Å². The molecule has 0 bridgehead atoms. The highest BCUT2D eigenvalue weighted by molar-refractivity contribution is 5.93. The lowest BCUT2D eigenvalue weighted by Crippen LogP contribution is -2.19. The summed E-state index contributed by atoms with van der Waals surface area (Å²) < 4.78 is 1.47. The van der Waals surface area contributed by atoms with E-state index in [0.29, 0.717) is 28.3 Å². The van der Waals surface area contributed by atoms with Crippen LogP contribution < -0.4 is 10.9 Å². The molecule has 1 aliphatic rings. The zero-order chi connectivity index (χ0) is 19.1. The minimum Gasteiger partial charge on any atom is -0.375 e. The summed E-state index contributed by atoms with van der Waals surface area (Å²) in [6, 6.07) is 5.65. The lowest BCUT2D eigenvalue weighted by atomic mass is 10.1. The van der Waals surface area contributed by atoms with Crippen LogP contribution in [0.25, 0.3) is 10.9 Å². The Morgan fingerprint density at radius 2 is 1.96 bits per heavy atom. The number of hydrogen-bond donors (Lipinski definition) is 1. The Labute approximate surface area is 155 Å². The third-order valence-corrected chi connectivity index (χ3v) is 4.94. The molecule has 2 heterocycles. The lowest BCUT2D eigenvalue weighted by molar-refractivity contribution is -0.384. The molecule has 2 aromatic heterocycles. The van der Waals surface area contributed by atoms with E-state index < -0.39 is 4.92 Å². The van der Waals surface area contributed by atoms with Gasteiger partial charge in [-0.05, 0) is 37.3 Å². The van der Waals surface area contributed by atoms with Crippen LogP contribution in [-0.4, -0.2) is 19.5 Å². The third-order valence-electron chi connectivity index (χ3n) is 4.94. The Balaban J connectivity index is 1.71. The number of pyridine rings is 1. The zero-order valence-corrected chi connectivity index (χ0v) is 15.0. The van der Waals surface area contributed by atoms with Crippen LogP contribution in [0, 0.1) is 10.1 Å². The molecule has 1 fully saturated rings. The van der Waals surface area contributed by atoms with Gasteiger partial charge < -0.3 is 9.88 Å². The van der Waals surface area contributed by atoms with E-state index in [1.807, 2.05) is 19.3 Å². The largest absolute Gasteiger partial charge is 0.375 e. The van der Waals surface area contributed by atoms with Gasteiger partial charge in [-0.2, -0.15) is 0 Å². The normalized spacial score (nSPS) is 14.9. The highest BCUT2D eigenvalue weighted by Gasteiger charge is 2.24. The van der Waals surface area contributed by atoms with Crippen molar-refractivity contribution in [2.75, 3.05) is 5.32 Å². The highest BCUT2D eigenvalue weighted by atomic mass is 16.6. The fourth-order valence-electron chi connectivity index (χ4n) is 3.18. The Bertz CT molecular complexity index is 1090. The fourth-order valence-corrected chi connectivity index (χ4v) is 3.18. The Morgan fingerprint density at radius 3 is 2.59 bits per heavy atom. The average Bonchev–Trinajstić information content (AvgIpc) is 3.50. The molecule has 1 aromatic carbocycles. The van der Waals surface area contributed by atoms with E-state index in [1.165, 1.54) is 35.6 Å². The molecule has 0 radical (unpaired) electrons. The summed E-state index contributed by atoms with van der Waals surface area (Å²) in [5.74, 6) is 1.20. The topological polar surface area (TPSA) is 103 Å². The number of aryl methyl sites for hydroxylation is 1. The smallest absolute Gasteiger partial charge is 0.270 e. The molecule has 4 rings (SSSR count). The third kappa shape index (κ3) is 3.25. The quantitative estimate of drug-likeness (QED) is 0.550. The van der Waals surface area contributed by atoms with E-state index in [2.05, 4.69) is 15.3 Å². The molecule has 1 atom stereocenters. The van der Waals surface area contributed by atoms with Crippen LogP contribution in [0.3, 0.4) is 0 Å². The van der Waals surface area contributed by atoms with Crippen LogP contribution >= 0.6 is 0 Å². The Hall–Kier alpha value is -3.29. The molecule has 0 aliphatic heterocycles. The highest BCUT2D eigenvalue weighted by Crippen LogP contribution is 2.39. The summed E-state index contributed by atoms with van der Waals surface area (Å²) in [6.45, 7) is 1.90. The standard InChI is InChI=1S/C19H19N5O3/c1-11(19-20-9-13(10-21-19)12-3-4-12)22-16-8-18(25)23(2)17-6-5-14(24(26)27)7-15(16)17/h5-12,22H,3-4H2,1-2H3. The second kappa shape index (κ2) is 6.46. The molecule has 1 unspecified atom stereocenters. The van der Waals surface area contributed by atoms with Gasteiger partial charge in [-0.3, -0.25) is 14.9 Å². The maximum Gasteiger partial charge on any atom is 0.270 e. The molecule has 27 heavy (non-hydrogen) atoms. The van der Waals surface area contributed by atoms with Crippen LogP contribution in [0.1, 0.15) is 43.1 Å². The van der Waals surface area contributed by atoms with Crippen LogP contribution in [0.4, 0.5) is 11.4 Å². The number of benzene rings is 1. The van der Waals surface area contributed by atoms with E-state index in [4.69, 9.17) is 0 Å². The maximum absolute atomic E-state index is 12.3. The molecule has 138 valence electrons. The number of nitro benzene ring substituents is 1. The van der Waals surface area contributed by atoms with Gasteiger partial charge >= 0.3 is 0 Å². The predicted molar refractivity (Wildman–Crippen MR) is 102 cm³/mol. The first kappa shape index (κ1) is 17.1. The maximum atomic E-state index is 12.3. The van der Waals surface area contributed by atoms with Gasteiger partial charge in [0, 0.05) is 48.7 Å². The number of non-ortho nitro benzene ring substituents is 1. The molecule has 0 amide bonds. The van der Waals surface area contributed by atoms with Crippen molar-refractivity contribution in [2.24, 2.45) is 7.05 Å². The first-order valence-electron chi connectivity index (χ1n) is 8.80. The number of nitrogens with zero attached hydrogens (tertiary/aromatic N) is 4. The molecule has 1 N–H and O–H groups in total. The average molecular weight is 365 g/mol. The molecular weight excluding hydrogens is 346 g/mol. The van der Waals surface area contributed by atoms with Crippen molar-refractivity contribution in [3.8, 4) is 0 Å². The number of nitrogens with one attached hydrogen (secondary N) is 1. The molecule has 1 aliphatic carbocycles. The molecule has 3 aromatic rings.